The van der Waals surface area contributed by atoms with Gasteiger partial charge in [0, 0.05) is 25.2 Å². The van der Waals surface area contributed by atoms with Crippen LogP contribution in [0, 0.1) is 0 Å². The largest absolute Gasteiger partial charge is 0.504 e. The smallest absolute Gasteiger partial charge is 0.416 e. The van der Waals surface area contributed by atoms with Crippen LogP contribution in [-0.4, -0.2) is 26.8 Å². The number of fused-ring (bicyclic) bond motifs is 1. The second-order valence-corrected chi connectivity index (χ2v) is 6.48. The molecule has 3 rings (SSSR count). The van der Waals surface area contributed by atoms with Crippen LogP contribution in [-0.2, 0) is 25.7 Å². The second-order valence-electron chi connectivity index (χ2n) is 6.10. The highest BCUT2D eigenvalue weighted by atomic mass is 32.1. The van der Waals surface area contributed by atoms with Gasteiger partial charge in [-0.05, 0) is 48.0 Å². The van der Waals surface area contributed by atoms with Crippen molar-refractivity contribution in [2.75, 3.05) is 6.54 Å². The lowest BCUT2D eigenvalue weighted by Gasteiger charge is -2.31. The Labute approximate surface area is 153 Å². The third-order valence-corrected chi connectivity index (χ3v) is 4.77. The molecule has 8 heteroatoms. The molecule has 3 N–H and O–H groups in total. The van der Waals surface area contributed by atoms with Crippen molar-refractivity contribution in [1.82, 2.24) is 10.2 Å². The van der Waals surface area contributed by atoms with Gasteiger partial charge < -0.3 is 20.4 Å². The maximum Gasteiger partial charge on any atom is 0.416 e. The van der Waals surface area contributed by atoms with Crippen LogP contribution in [0.15, 0.2) is 36.4 Å². The molecule has 1 aliphatic rings. The molecule has 4 nitrogen and oxygen atoms in total. The number of rotatable bonds is 2. The fourth-order valence-electron chi connectivity index (χ4n) is 2.90. The van der Waals surface area contributed by atoms with Crippen LogP contribution in [0.5, 0.6) is 11.5 Å². The number of thiocarbonyl (C=S) groups is 1. The number of phenols is 2. The minimum absolute atomic E-state index is 0.0919. The average molecular weight is 382 g/mol. The lowest BCUT2D eigenvalue weighted by Crippen LogP contribution is -2.42. The van der Waals surface area contributed by atoms with Crippen molar-refractivity contribution in [2.45, 2.75) is 25.7 Å². The maximum atomic E-state index is 12.6. The minimum atomic E-state index is -4.34. The quantitative estimate of drug-likeness (QED) is 0.548. The Balaban J connectivity index is 1.60. The van der Waals surface area contributed by atoms with Crippen molar-refractivity contribution in [3.8, 4) is 11.5 Å². The Morgan fingerprint density at radius 2 is 1.81 bits per heavy atom. The SMILES string of the molecule is Oc1ccc2c(c1O)CCN(C(=S)NCc1ccc(C(F)(F)F)cc1)C2. The molecule has 2 aromatic rings. The van der Waals surface area contributed by atoms with Gasteiger partial charge in [0.25, 0.3) is 0 Å². The van der Waals surface area contributed by atoms with Crippen molar-refractivity contribution < 1.29 is 23.4 Å². The van der Waals surface area contributed by atoms with Crippen LogP contribution >= 0.6 is 12.2 Å². The van der Waals surface area contributed by atoms with E-state index < -0.39 is 11.7 Å². The predicted molar refractivity (Wildman–Crippen MR) is 94.8 cm³/mol. The van der Waals surface area contributed by atoms with E-state index in [1.54, 1.807) is 6.07 Å². The molecule has 1 aliphatic heterocycles. The molecule has 2 aromatic carbocycles. The molecule has 0 spiro atoms. The highest BCUT2D eigenvalue weighted by Gasteiger charge is 2.30. The standard InChI is InChI=1S/C18H17F3N2O2S/c19-18(20,21)13-4-1-11(2-5-13)9-22-17(26)23-8-7-14-12(10-23)3-6-15(24)16(14)25/h1-6,24-25H,7-10H2,(H,22,26). The highest BCUT2D eigenvalue weighted by Crippen LogP contribution is 2.34. The molecule has 0 aromatic heterocycles. The van der Waals surface area contributed by atoms with E-state index in [0.717, 1.165) is 17.7 Å². The third kappa shape index (κ3) is 3.85. The summed E-state index contributed by atoms with van der Waals surface area (Å²) in [5, 5.41) is 23.0. The van der Waals surface area contributed by atoms with Crippen molar-refractivity contribution in [2.24, 2.45) is 0 Å². The van der Waals surface area contributed by atoms with Gasteiger partial charge in [-0.15, -0.1) is 0 Å². The zero-order valence-electron chi connectivity index (χ0n) is 13.7. The van der Waals surface area contributed by atoms with Crippen LogP contribution in [0.1, 0.15) is 22.3 Å². The molecule has 138 valence electrons. The minimum Gasteiger partial charge on any atom is -0.504 e. The van der Waals surface area contributed by atoms with Crippen LogP contribution in [0.4, 0.5) is 13.2 Å². The van der Waals surface area contributed by atoms with Gasteiger partial charge in [-0.25, -0.2) is 0 Å². The molecule has 0 saturated carbocycles. The summed E-state index contributed by atoms with van der Waals surface area (Å²) in [5.74, 6) is -0.231. The van der Waals surface area contributed by atoms with Gasteiger partial charge in [0.15, 0.2) is 16.6 Å². The van der Waals surface area contributed by atoms with Gasteiger partial charge in [-0.1, -0.05) is 18.2 Å². The molecule has 1 heterocycles. The van der Waals surface area contributed by atoms with E-state index in [9.17, 15) is 23.4 Å². The maximum absolute atomic E-state index is 12.6. The number of hydrogen-bond donors (Lipinski definition) is 3. The van der Waals surface area contributed by atoms with Gasteiger partial charge in [0.2, 0.25) is 0 Å². The Morgan fingerprint density at radius 1 is 1.12 bits per heavy atom. The second kappa shape index (κ2) is 7.03. The molecular weight excluding hydrogens is 365 g/mol. The van der Waals surface area contributed by atoms with E-state index in [4.69, 9.17) is 12.2 Å². The van der Waals surface area contributed by atoms with E-state index in [2.05, 4.69) is 5.32 Å². The molecule has 26 heavy (non-hydrogen) atoms. The number of nitrogens with zero attached hydrogens (tertiary/aromatic N) is 1. The Bertz CT molecular complexity index is 822. The summed E-state index contributed by atoms with van der Waals surface area (Å²) in [6, 6.07) is 8.12. The molecule has 0 radical (unpaired) electrons. The molecule has 0 saturated heterocycles. The van der Waals surface area contributed by atoms with E-state index in [1.807, 2.05) is 4.90 Å². The summed E-state index contributed by atoms with van der Waals surface area (Å²) >= 11 is 5.37. The van der Waals surface area contributed by atoms with Gasteiger partial charge in [-0.3, -0.25) is 0 Å². The topological polar surface area (TPSA) is 55.7 Å². The summed E-state index contributed by atoms with van der Waals surface area (Å²) in [7, 11) is 0. The van der Waals surface area contributed by atoms with Crippen molar-refractivity contribution in [3.05, 3.63) is 58.7 Å². The van der Waals surface area contributed by atoms with Crippen molar-refractivity contribution in [3.63, 3.8) is 0 Å². The Kier molecular flexibility index (Phi) is 4.95. The lowest BCUT2D eigenvalue weighted by atomic mass is 9.98. The zero-order chi connectivity index (χ0) is 18.9. The van der Waals surface area contributed by atoms with Gasteiger partial charge in [0.1, 0.15) is 0 Å². The summed E-state index contributed by atoms with van der Waals surface area (Å²) in [4.78, 5) is 1.91. The molecule has 0 fully saturated rings. The highest BCUT2D eigenvalue weighted by molar-refractivity contribution is 7.80. The molecule has 0 aliphatic carbocycles. The van der Waals surface area contributed by atoms with Crippen molar-refractivity contribution in [1.29, 1.82) is 0 Å². The first-order valence-electron chi connectivity index (χ1n) is 7.97. The van der Waals surface area contributed by atoms with Gasteiger partial charge in [0.05, 0.1) is 5.56 Å². The molecular formula is C18H17F3N2O2S. The molecule has 0 amide bonds. The summed E-state index contributed by atoms with van der Waals surface area (Å²) < 4.78 is 37.7. The average Bonchev–Trinajstić information content (AvgIpc) is 2.62. The fourth-order valence-corrected chi connectivity index (χ4v) is 3.13. The van der Waals surface area contributed by atoms with Crippen molar-refractivity contribution >= 4 is 17.3 Å². The normalized spacial score (nSPS) is 14.0. The number of nitrogens with one attached hydrogen (secondary N) is 1. The fraction of sp³-hybridized carbons (Fsp3) is 0.278. The number of aromatic hydroxyl groups is 2. The monoisotopic (exact) mass is 382 g/mol. The summed E-state index contributed by atoms with van der Waals surface area (Å²) in [5.41, 5.74) is 1.61. The summed E-state index contributed by atoms with van der Waals surface area (Å²) in [6.45, 7) is 1.38. The van der Waals surface area contributed by atoms with E-state index in [1.165, 1.54) is 18.2 Å². The first kappa shape index (κ1) is 18.3. The number of alkyl halides is 3. The van der Waals surface area contributed by atoms with Crippen LogP contribution in [0.3, 0.4) is 0 Å². The number of phenolic OH excluding ortho intramolecular Hbond substituents is 2. The summed E-state index contributed by atoms with van der Waals surface area (Å²) in [6.07, 6.45) is -3.81. The molecule has 0 unspecified atom stereocenters. The molecule has 0 atom stereocenters. The van der Waals surface area contributed by atoms with E-state index >= 15 is 0 Å². The van der Waals surface area contributed by atoms with E-state index in [0.29, 0.717) is 42.3 Å². The lowest BCUT2D eigenvalue weighted by molar-refractivity contribution is -0.137. The van der Waals surface area contributed by atoms with Crippen LogP contribution < -0.4 is 5.32 Å². The van der Waals surface area contributed by atoms with Crippen LogP contribution in [0.25, 0.3) is 0 Å². The van der Waals surface area contributed by atoms with Crippen LogP contribution in [0.2, 0.25) is 0 Å². The van der Waals surface area contributed by atoms with Gasteiger partial charge in [-0.2, -0.15) is 13.2 Å². The number of halogens is 3. The third-order valence-electron chi connectivity index (χ3n) is 4.36. The number of hydrogen-bond acceptors (Lipinski definition) is 3. The van der Waals surface area contributed by atoms with Gasteiger partial charge >= 0.3 is 6.18 Å². The Morgan fingerprint density at radius 3 is 2.46 bits per heavy atom. The van der Waals surface area contributed by atoms with E-state index in [-0.39, 0.29) is 11.5 Å². The molecule has 0 bridgehead atoms. The first-order valence-corrected chi connectivity index (χ1v) is 8.38. The predicted octanol–water partition coefficient (Wildman–Crippen LogP) is 3.55. The number of benzene rings is 2. The Hall–Kier alpha value is -2.48. The first-order chi connectivity index (χ1) is 12.3. The zero-order valence-corrected chi connectivity index (χ0v) is 14.5.